The fourth-order valence-corrected chi connectivity index (χ4v) is 3.13. The summed E-state index contributed by atoms with van der Waals surface area (Å²) in [5, 5.41) is 8.24. The Bertz CT molecular complexity index is 1060. The molecule has 3 amide bonds. The third-order valence-electron chi connectivity index (χ3n) is 4.00. The minimum Gasteiger partial charge on any atom is -0.326 e. The largest absolute Gasteiger partial charge is 0.326 e. The highest BCUT2D eigenvalue weighted by molar-refractivity contribution is 9.10. The lowest BCUT2D eigenvalue weighted by molar-refractivity contribution is -0.114. The maximum atomic E-state index is 12.7. The van der Waals surface area contributed by atoms with Crippen molar-refractivity contribution in [3.05, 3.63) is 88.4 Å². The zero-order valence-corrected chi connectivity index (χ0v) is 17.1. The second kappa shape index (κ2) is 9.16. The Balaban J connectivity index is 1.76. The molecule has 3 rings (SSSR count). The first-order chi connectivity index (χ1) is 13.9. The predicted octanol–water partition coefficient (Wildman–Crippen LogP) is 4.91. The summed E-state index contributed by atoms with van der Waals surface area (Å²) in [6.07, 6.45) is 0. The van der Waals surface area contributed by atoms with E-state index in [1.54, 1.807) is 66.7 Å². The predicted molar refractivity (Wildman–Crippen MR) is 117 cm³/mol. The van der Waals surface area contributed by atoms with Gasteiger partial charge in [-0.1, -0.05) is 24.3 Å². The molecule has 7 heteroatoms. The smallest absolute Gasteiger partial charge is 0.257 e. The number of benzene rings is 3. The highest BCUT2D eigenvalue weighted by atomic mass is 79.9. The average molecular weight is 452 g/mol. The molecular formula is C22H18BrN3O3. The topological polar surface area (TPSA) is 87.3 Å². The van der Waals surface area contributed by atoms with E-state index in [0.29, 0.717) is 32.7 Å². The van der Waals surface area contributed by atoms with Crippen molar-refractivity contribution >= 4 is 50.7 Å². The third-order valence-corrected chi connectivity index (χ3v) is 4.69. The minimum absolute atomic E-state index is 0.170. The molecule has 0 aliphatic rings. The summed E-state index contributed by atoms with van der Waals surface area (Å²) in [6.45, 7) is 1.43. The van der Waals surface area contributed by atoms with Gasteiger partial charge < -0.3 is 16.0 Å². The van der Waals surface area contributed by atoms with Crippen LogP contribution in [-0.2, 0) is 4.79 Å². The molecule has 146 valence electrons. The molecule has 0 saturated carbocycles. The van der Waals surface area contributed by atoms with Gasteiger partial charge in [-0.15, -0.1) is 0 Å². The van der Waals surface area contributed by atoms with Crippen LogP contribution < -0.4 is 16.0 Å². The van der Waals surface area contributed by atoms with Crippen LogP contribution in [0.15, 0.2) is 77.3 Å². The highest BCUT2D eigenvalue weighted by Gasteiger charge is 2.15. The van der Waals surface area contributed by atoms with Gasteiger partial charge in [-0.3, -0.25) is 14.4 Å². The lowest BCUT2D eigenvalue weighted by atomic mass is 10.1. The molecule has 6 nitrogen and oxygen atoms in total. The minimum atomic E-state index is -0.361. The van der Waals surface area contributed by atoms with Crippen LogP contribution in [0.5, 0.6) is 0 Å². The molecule has 0 heterocycles. The van der Waals surface area contributed by atoms with Crippen molar-refractivity contribution in [2.45, 2.75) is 6.92 Å². The van der Waals surface area contributed by atoms with Crippen LogP contribution in [0.4, 0.5) is 17.1 Å². The molecule has 3 N–H and O–H groups in total. The van der Waals surface area contributed by atoms with Crippen LogP contribution >= 0.6 is 15.9 Å². The first-order valence-corrected chi connectivity index (χ1v) is 9.57. The number of halogens is 1. The Kier molecular flexibility index (Phi) is 6.41. The highest BCUT2D eigenvalue weighted by Crippen LogP contribution is 2.22. The van der Waals surface area contributed by atoms with Crippen molar-refractivity contribution in [3.63, 3.8) is 0 Å². The van der Waals surface area contributed by atoms with Crippen molar-refractivity contribution in [2.75, 3.05) is 16.0 Å². The Labute approximate surface area is 176 Å². The number of carbonyl (C=O) groups excluding carboxylic acids is 3. The third kappa shape index (κ3) is 5.30. The molecule has 0 atom stereocenters. The molecule has 3 aromatic rings. The molecular weight excluding hydrogens is 434 g/mol. The number of para-hydroxylation sites is 1. The number of amides is 3. The van der Waals surface area contributed by atoms with E-state index in [-0.39, 0.29) is 17.7 Å². The number of nitrogens with one attached hydrogen (secondary N) is 3. The number of carbonyl (C=O) groups is 3. The summed E-state index contributed by atoms with van der Waals surface area (Å²) in [5.41, 5.74) is 2.41. The van der Waals surface area contributed by atoms with Gasteiger partial charge in [0.15, 0.2) is 0 Å². The molecule has 0 saturated heterocycles. The fraction of sp³-hybridized carbons (Fsp3) is 0.0455. The first kappa shape index (κ1) is 20.3. The van der Waals surface area contributed by atoms with E-state index >= 15 is 0 Å². The van der Waals surface area contributed by atoms with E-state index in [2.05, 4.69) is 31.9 Å². The molecule has 0 bridgehead atoms. The number of hydrogen-bond donors (Lipinski definition) is 3. The standard InChI is InChI=1S/C22H18BrN3O3/c1-14(27)24-15-10-12-16(13-11-15)25-22(29)18-7-3-5-9-20(18)26-21(28)17-6-2-4-8-19(17)23/h2-13H,1H3,(H,24,27)(H,25,29)(H,26,28). The van der Waals surface area contributed by atoms with Crippen LogP contribution in [0.25, 0.3) is 0 Å². The van der Waals surface area contributed by atoms with E-state index in [4.69, 9.17) is 0 Å². The normalized spacial score (nSPS) is 10.1. The summed E-state index contributed by atoms with van der Waals surface area (Å²) in [4.78, 5) is 36.4. The first-order valence-electron chi connectivity index (χ1n) is 8.78. The molecule has 29 heavy (non-hydrogen) atoms. The number of rotatable bonds is 5. The van der Waals surface area contributed by atoms with Gasteiger partial charge in [0, 0.05) is 22.8 Å². The van der Waals surface area contributed by atoms with E-state index in [1.807, 2.05) is 6.07 Å². The summed E-state index contributed by atoms with van der Waals surface area (Å²) in [6, 6.07) is 20.6. The zero-order chi connectivity index (χ0) is 20.8. The second-order valence-corrected chi connectivity index (χ2v) is 7.05. The lowest BCUT2D eigenvalue weighted by Gasteiger charge is -2.12. The van der Waals surface area contributed by atoms with E-state index in [9.17, 15) is 14.4 Å². The van der Waals surface area contributed by atoms with Gasteiger partial charge in [-0.2, -0.15) is 0 Å². The fourth-order valence-electron chi connectivity index (χ4n) is 2.66. The molecule has 3 aromatic carbocycles. The summed E-state index contributed by atoms with van der Waals surface area (Å²) < 4.78 is 0.665. The van der Waals surface area contributed by atoms with Crippen LogP contribution in [-0.4, -0.2) is 17.7 Å². The van der Waals surface area contributed by atoms with Crippen molar-refractivity contribution in [3.8, 4) is 0 Å². The van der Waals surface area contributed by atoms with Gasteiger partial charge in [0.1, 0.15) is 0 Å². The lowest BCUT2D eigenvalue weighted by Crippen LogP contribution is -2.18. The SMILES string of the molecule is CC(=O)Nc1ccc(NC(=O)c2ccccc2NC(=O)c2ccccc2Br)cc1. The van der Waals surface area contributed by atoms with E-state index in [0.717, 1.165) is 0 Å². The zero-order valence-electron chi connectivity index (χ0n) is 15.5. The molecule has 0 fully saturated rings. The Morgan fingerprint density at radius 3 is 1.79 bits per heavy atom. The van der Waals surface area contributed by atoms with Crippen LogP contribution in [0.3, 0.4) is 0 Å². The number of hydrogen-bond acceptors (Lipinski definition) is 3. The summed E-state index contributed by atoms with van der Waals surface area (Å²) in [7, 11) is 0. The Morgan fingerprint density at radius 2 is 1.17 bits per heavy atom. The number of anilines is 3. The van der Waals surface area contributed by atoms with Crippen LogP contribution in [0, 0.1) is 0 Å². The maximum absolute atomic E-state index is 12.7. The van der Waals surface area contributed by atoms with Crippen molar-refractivity contribution < 1.29 is 14.4 Å². The van der Waals surface area contributed by atoms with Gasteiger partial charge >= 0.3 is 0 Å². The summed E-state index contributed by atoms with van der Waals surface area (Å²) in [5.74, 6) is -0.853. The maximum Gasteiger partial charge on any atom is 0.257 e. The molecule has 0 unspecified atom stereocenters. The van der Waals surface area contributed by atoms with Crippen molar-refractivity contribution in [1.29, 1.82) is 0 Å². The monoisotopic (exact) mass is 451 g/mol. The summed E-state index contributed by atoms with van der Waals surface area (Å²) >= 11 is 3.36. The van der Waals surface area contributed by atoms with Crippen LogP contribution in [0.1, 0.15) is 27.6 Å². The quantitative estimate of drug-likeness (QED) is 0.514. The van der Waals surface area contributed by atoms with Gasteiger partial charge in [0.2, 0.25) is 5.91 Å². The van der Waals surface area contributed by atoms with Gasteiger partial charge in [-0.05, 0) is 64.5 Å². The molecule has 0 aromatic heterocycles. The van der Waals surface area contributed by atoms with E-state index < -0.39 is 0 Å². The molecule has 0 spiro atoms. The molecule has 0 aliphatic heterocycles. The molecule has 0 radical (unpaired) electrons. The van der Waals surface area contributed by atoms with Gasteiger partial charge in [0.25, 0.3) is 11.8 Å². The van der Waals surface area contributed by atoms with Crippen molar-refractivity contribution in [1.82, 2.24) is 0 Å². The van der Waals surface area contributed by atoms with Gasteiger partial charge in [-0.25, -0.2) is 0 Å². The van der Waals surface area contributed by atoms with Crippen LogP contribution in [0.2, 0.25) is 0 Å². The van der Waals surface area contributed by atoms with E-state index in [1.165, 1.54) is 6.92 Å². The second-order valence-electron chi connectivity index (χ2n) is 6.19. The average Bonchev–Trinajstić information content (AvgIpc) is 2.69. The Morgan fingerprint density at radius 1 is 0.655 bits per heavy atom. The van der Waals surface area contributed by atoms with Gasteiger partial charge in [0.05, 0.1) is 16.8 Å². The Hall–Kier alpha value is -3.45. The molecule has 0 aliphatic carbocycles. The van der Waals surface area contributed by atoms with Crippen molar-refractivity contribution in [2.24, 2.45) is 0 Å².